The summed E-state index contributed by atoms with van der Waals surface area (Å²) in [5, 5.41) is 3.49. The smallest absolute Gasteiger partial charge is 0.317 e. The fourth-order valence-corrected chi connectivity index (χ4v) is 2.42. The van der Waals surface area contributed by atoms with E-state index in [4.69, 9.17) is 4.74 Å². The summed E-state index contributed by atoms with van der Waals surface area (Å²) in [5.41, 5.74) is 0.531. The fourth-order valence-electron chi connectivity index (χ4n) is 1.77. The number of esters is 1. The number of hydrogen-bond donors (Lipinski definition) is 0. The lowest BCUT2D eigenvalue weighted by Gasteiger charge is -2.18. The minimum atomic E-state index is -1.02. The summed E-state index contributed by atoms with van der Waals surface area (Å²) in [6.07, 6.45) is 0. The fraction of sp³-hybridized carbons (Fsp3) is 0.462. The van der Waals surface area contributed by atoms with Crippen LogP contribution in [0.25, 0.3) is 0 Å². The van der Waals surface area contributed by atoms with Crippen LogP contribution in [-0.2, 0) is 14.3 Å². The van der Waals surface area contributed by atoms with Crippen LogP contribution >= 0.6 is 11.3 Å². The van der Waals surface area contributed by atoms with Gasteiger partial charge in [0, 0.05) is 16.9 Å². The first-order valence-electron chi connectivity index (χ1n) is 5.72. The number of ketones is 2. The predicted molar refractivity (Wildman–Crippen MR) is 68.6 cm³/mol. The van der Waals surface area contributed by atoms with Crippen molar-refractivity contribution in [3.05, 3.63) is 22.4 Å². The van der Waals surface area contributed by atoms with Gasteiger partial charge in [0.25, 0.3) is 0 Å². The number of hydrogen-bond acceptors (Lipinski definition) is 5. The van der Waals surface area contributed by atoms with Crippen molar-refractivity contribution in [1.82, 2.24) is 0 Å². The molecule has 1 aromatic rings. The van der Waals surface area contributed by atoms with Crippen LogP contribution < -0.4 is 0 Å². The first-order chi connectivity index (χ1) is 8.49. The second kappa shape index (κ2) is 6.44. The van der Waals surface area contributed by atoms with Crippen molar-refractivity contribution in [1.29, 1.82) is 0 Å². The Morgan fingerprint density at radius 3 is 2.50 bits per heavy atom. The Hall–Kier alpha value is -1.49. The Morgan fingerprint density at radius 1 is 1.39 bits per heavy atom. The number of rotatable bonds is 6. The van der Waals surface area contributed by atoms with Crippen molar-refractivity contribution >= 4 is 28.9 Å². The molecule has 2 atom stereocenters. The van der Waals surface area contributed by atoms with Crippen molar-refractivity contribution in [3.8, 4) is 0 Å². The molecule has 5 heteroatoms. The number of Topliss-reactive ketones (excluding diaryl/α,β-unsaturated/α-hetero) is 2. The van der Waals surface area contributed by atoms with E-state index in [0.29, 0.717) is 5.56 Å². The molecule has 0 amide bonds. The third kappa shape index (κ3) is 3.26. The van der Waals surface area contributed by atoms with E-state index in [1.165, 1.54) is 18.3 Å². The molecule has 0 radical (unpaired) electrons. The Balaban J connectivity index is 2.90. The van der Waals surface area contributed by atoms with Crippen molar-refractivity contribution in [2.75, 3.05) is 6.61 Å². The van der Waals surface area contributed by atoms with Crippen LogP contribution in [0.4, 0.5) is 0 Å². The lowest BCUT2D eigenvalue weighted by atomic mass is 9.85. The third-order valence-electron chi connectivity index (χ3n) is 2.70. The number of thiophene rings is 1. The zero-order chi connectivity index (χ0) is 13.7. The van der Waals surface area contributed by atoms with E-state index in [2.05, 4.69) is 0 Å². The van der Waals surface area contributed by atoms with Crippen LogP contribution in [0, 0.1) is 11.8 Å². The molecule has 1 aromatic heterocycles. The molecular formula is C13H16O4S. The molecule has 0 N–H and O–H groups in total. The zero-order valence-electron chi connectivity index (χ0n) is 10.6. The van der Waals surface area contributed by atoms with Crippen LogP contribution in [0.15, 0.2) is 16.8 Å². The summed E-state index contributed by atoms with van der Waals surface area (Å²) in [6.45, 7) is 4.75. The SMILES string of the molecule is CCOC(=O)[C@H](C(C)=O)[C@H](C)C(=O)c1ccsc1. The molecule has 0 saturated heterocycles. The molecule has 18 heavy (non-hydrogen) atoms. The van der Waals surface area contributed by atoms with Gasteiger partial charge in [0.15, 0.2) is 5.78 Å². The monoisotopic (exact) mass is 268 g/mol. The van der Waals surface area contributed by atoms with Crippen LogP contribution in [0.1, 0.15) is 31.1 Å². The highest BCUT2D eigenvalue weighted by Gasteiger charge is 2.35. The lowest BCUT2D eigenvalue weighted by molar-refractivity contribution is -0.152. The van der Waals surface area contributed by atoms with Gasteiger partial charge in [-0.3, -0.25) is 14.4 Å². The Bertz CT molecular complexity index is 436. The van der Waals surface area contributed by atoms with Gasteiger partial charge in [-0.2, -0.15) is 11.3 Å². The first-order valence-corrected chi connectivity index (χ1v) is 6.66. The summed E-state index contributed by atoms with van der Waals surface area (Å²) in [7, 11) is 0. The van der Waals surface area contributed by atoms with Gasteiger partial charge in [0.05, 0.1) is 6.61 Å². The van der Waals surface area contributed by atoms with E-state index in [1.807, 2.05) is 0 Å². The normalized spacial score (nSPS) is 13.7. The maximum absolute atomic E-state index is 12.1. The summed E-state index contributed by atoms with van der Waals surface area (Å²) in [6, 6.07) is 1.69. The molecule has 1 rings (SSSR count). The maximum atomic E-state index is 12.1. The predicted octanol–water partition coefficient (Wildman–Crippen LogP) is 2.34. The molecule has 1 heterocycles. The topological polar surface area (TPSA) is 60.4 Å². The van der Waals surface area contributed by atoms with E-state index >= 15 is 0 Å². The lowest BCUT2D eigenvalue weighted by Crippen LogP contribution is -2.34. The highest BCUT2D eigenvalue weighted by atomic mass is 32.1. The van der Waals surface area contributed by atoms with E-state index in [0.717, 1.165) is 0 Å². The van der Waals surface area contributed by atoms with Crippen molar-refractivity contribution in [2.45, 2.75) is 20.8 Å². The molecule has 0 fully saturated rings. The summed E-state index contributed by atoms with van der Waals surface area (Å²) < 4.78 is 4.84. The molecule has 0 aromatic carbocycles. The van der Waals surface area contributed by atoms with Crippen LogP contribution in [0.3, 0.4) is 0 Å². The second-order valence-electron chi connectivity index (χ2n) is 4.01. The maximum Gasteiger partial charge on any atom is 0.317 e. The molecule has 98 valence electrons. The molecule has 0 aliphatic heterocycles. The van der Waals surface area contributed by atoms with Gasteiger partial charge in [0.1, 0.15) is 11.7 Å². The average molecular weight is 268 g/mol. The molecule has 4 nitrogen and oxygen atoms in total. The van der Waals surface area contributed by atoms with Gasteiger partial charge in [0.2, 0.25) is 0 Å². The quantitative estimate of drug-likeness (QED) is 0.451. The van der Waals surface area contributed by atoms with Crippen LogP contribution in [0.2, 0.25) is 0 Å². The highest BCUT2D eigenvalue weighted by Crippen LogP contribution is 2.21. The minimum Gasteiger partial charge on any atom is -0.465 e. The number of carbonyl (C=O) groups is 3. The molecule has 0 aliphatic carbocycles. The number of ether oxygens (including phenoxy) is 1. The summed E-state index contributed by atoms with van der Waals surface area (Å²) in [5.74, 6) is -2.89. The van der Waals surface area contributed by atoms with E-state index in [1.54, 1.807) is 30.7 Å². The van der Waals surface area contributed by atoms with Crippen LogP contribution in [0.5, 0.6) is 0 Å². The minimum absolute atomic E-state index is 0.196. The van der Waals surface area contributed by atoms with Crippen molar-refractivity contribution in [2.24, 2.45) is 11.8 Å². The van der Waals surface area contributed by atoms with Crippen molar-refractivity contribution < 1.29 is 19.1 Å². The van der Waals surface area contributed by atoms with Crippen LogP contribution in [-0.4, -0.2) is 24.1 Å². The summed E-state index contributed by atoms with van der Waals surface area (Å²) >= 11 is 1.40. The second-order valence-corrected chi connectivity index (χ2v) is 4.79. The zero-order valence-corrected chi connectivity index (χ0v) is 11.5. The van der Waals surface area contributed by atoms with E-state index in [-0.39, 0.29) is 18.2 Å². The van der Waals surface area contributed by atoms with Gasteiger partial charge >= 0.3 is 5.97 Å². The summed E-state index contributed by atoms with van der Waals surface area (Å²) in [4.78, 5) is 35.3. The molecule has 0 unspecified atom stereocenters. The van der Waals surface area contributed by atoms with Gasteiger partial charge in [-0.05, 0) is 25.3 Å². The van der Waals surface area contributed by atoms with Crippen molar-refractivity contribution in [3.63, 3.8) is 0 Å². The highest BCUT2D eigenvalue weighted by molar-refractivity contribution is 7.08. The van der Waals surface area contributed by atoms with Gasteiger partial charge in [-0.15, -0.1) is 0 Å². The average Bonchev–Trinajstić information content (AvgIpc) is 2.81. The largest absolute Gasteiger partial charge is 0.465 e. The molecular weight excluding hydrogens is 252 g/mol. The van der Waals surface area contributed by atoms with E-state index in [9.17, 15) is 14.4 Å². The molecule has 0 bridgehead atoms. The molecule has 0 aliphatic rings. The standard InChI is InChI=1S/C13H16O4S/c1-4-17-13(16)11(9(3)14)8(2)12(15)10-5-6-18-7-10/h5-8,11H,4H2,1-3H3/t8-,11-/m0/s1. The number of carbonyl (C=O) groups excluding carboxylic acids is 3. The third-order valence-corrected chi connectivity index (χ3v) is 3.38. The van der Waals surface area contributed by atoms with Gasteiger partial charge in [-0.1, -0.05) is 6.92 Å². The Kier molecular flexibility index (Phi) is 5.22. The molecule has 0 saturated carbocycles. The molecule has 0 spiro atoms. The van der Waals surface area contributed by atoms with Gasteiger partial charge < -0.3 is 4.74 Å². The van der Waals surface area contributed by atoms with E-state index < -0.39 is 17.8 Å². The Labute approximate surface area is 110 Å². The Morgan fingerprint density at radius 2 is 2.06 bits per heavy atom. The van der Waals surface area contributed by atoms with Gasteiger partial charge in [-0.25, -0.2) is 0 Å². The first kappa shape index (κ1) is 14.6.